The van der Waals surface area contributed by atoms with Crippen LogP contribution in [0.25, 0.3) is 0 Å². The van der Waals surface area contributed by atoms with E-state index in [0.717, 1.165) is 11.8 Å². The largest absolute Gasteiger partial charge is 0.455 e. The van der Waals surface area contributed by atoms with Crippen molar-refractivity contribution >= 4 is 17.7 Å². The zero-order valence-corrected chi connectivity index (χ0v) is 9.80. The van der Waals surface area contributed by atoms with Gasteiger partial charge < -0.3 is 21.0 Å². The van der Waals surface area contributed by atoms with Crippen LogP contribution in [-0.4, -0.2) is 6.29 Å². The fraction of sp³-hybridized carbons (Fsp3) is 0.0714. The van der Waals surface area contributed by atoms with Crippen molar-refractivity contribution in [3.63, 3.8) is 0 Å². The molecule has 0 fully saturated rings. The molecule has 0 aliphatic carbocycles. The molecule has 0 radical (unpaired) electrons. The number of aldehydes is 1. The summed E-state index contributed by atoms with van der Waals surface area (Å²) in [4.78, 5) is 10.4. The normalized spacial score (nSPS) is 10.0. The molecule has 0 aliphatic heterocycles. The minimum Gasteiger partial charge on any atom is -0.455 e. The second kappa shape index (κ2) is 5.23. The number of hydrogen-bond donors (Lipinski definition) is 2. The highest BCUT2D eigenvalue weighted by Crippen LogP contribution is 2.31. The predicted octanol–water partition coefficient (Wildman–Crippen LogP) is 2.38. The number of carbonyl (C=O) groups is 1. The van der Waals surface area contributed by atoms with Crippen LogP contribution >= 0.6 is 0 Å². The van der Waals surface area contributed by atoms with Crippen LogP contribution < -0.4 is 16.2 Å². The zero-order chi connectivity index (χ0) is 13.0. The average Bonchev–Trinajstić information content (AvgIpc) is 2.38. The average molecular weight is 242 g/mol. The number of ether oxygens (including phenoxy) is 1. The molecule has 18 heavy (non-hydrogen) atoms. The third-order valence-corrected chi connectivity index (χ3v) is 2.57. The molecule has 92 valence electrons. The lowest BCUT2D eigenvalue weighted by Gasteiger charge is -2.10. The van der Waals surface area contributed by atoms with Crippen molar-refractivity contribution in [1.82, 2.24) is 0 Å². The summed E-state index contributed by atoms with van der Waals surface area (Å²) < 4.78 is 5.63. The summed E-state index contributed by atoms with van der Waals surface area (Å²) in [5, 5.41) is 0. The van der Waals surface area contributed by atoms with Gasteiger partial charge in [0.05, 0.1) is 11.4 Å². The summed E-state index contributed by atoms with van der Waals surface area (Å²) in [7, 11) is 0. The Kier molecular flexibility index (Phi) is 3.48. The minimum atomic E-state index is 0.403. The van der Waals surface area contributed by atoms with Crippen molar-refractivity contribution in [3.05, 3.63) is 48.0 Å². The lowest BCUT2D eigenvalue weighted by molar-refractivity contribution is -0.107. The van der Waals surface area contributed by atoms with E-state index in [1.807, 2.05) is 12.1 Å². The topological polar surface area (TPSA) is 78.3 Å². The Labute approximate surface area is 105 Å². The molecule has 0 spiro atoms. The van der Waals surface area contributed by atoms with Crippen molar-refractivity contribution in [1.29, 1.82) is 0 Å². The Balaban J connectivity index is 2.18. The molecule has 0 unspecified atom stereocenters. The molecule has 0 saturated carbocycles. The number of rotatable bonds is 4. The van der Waals surface area contributed by atoms with Crippen LogP contribution in [-0.2, 0) is 11.2 Å². The number of hydrogen-bond acceptors (Lipinski definition) is 4. The van der Waals surface area contributed by atoms with Crippen LogP contribution in [0.1, 0.15) is 5.56 Å². The van der Waals surface area contributed by atoms with E-state index in [1.54, 1.807) is 30.3 Å². The van der Waals surface area contributed by atoms with Gasteiger partial charge in [0.1, 0.15) is 12.0 Å². The molecule has 2 rings (SSSR count). The van der Waals surface area contributed by atoms with E-state index in [9.17, 15) is 4.79 Å². The quantitative estimate of drug-likeness (QED) is 0.637. The number of nitrogens with two attached hydrogens (primary N) is 2. The molecular weight excluding hydrogens is 228 g/mol. The van der Waals surface area contributed by atoms with Gasteiger partial charge in [-0.2, -0.15) is 0 Å². The van der Waals surface area contributed by atoms with E-state index in [1.165, 1.54) is 0 Å². The van der Waals surface area contributed by atoms with E-state index in [2.05, 4.69) is 0 Å². The van der Waals surface area contributed by atoms with Crippen LogP contribution in [0.4, 0.5) is 11.4 Å². The molecule has 0 bridgehead atoms. The van der Waals surface area contributed by atoms with Gasteiger partial charge in [0.25, 0.3) is 0 Å². The smallest absolute Gasteiger partial charge is 0.152 e. The van der Waals surface area contributed by atoms with Crippen LogP contribution in [0.3, 0.4) is 0 Å². The molecule has 0 aliphatic rings. The summed E-state index contributed by atoms with van der Waals surface area (Å²) in [5.74, 6) is 1.18. The Morgan fingerprint density at radius 1 is 1.06 bits per heavy atom. The number of benzene rings is 2. The Bertz CT molecular complexity index is 550. The maximum Gasteiger partial charge on any atom is 0.152 e. The van der Waals surface area contributed by atoms with Crippen molar-refractivity contribution in [3.8, 4) is 11.5 Å². The maximum absolute atomic E-state index is 10.4. The molecule has 4 N–H and O–H groups in total. The van der Waals surface area contributed by atoms with Gasteiger partial charge >= 0.3 is 0 Å². The fourth-order valence-corrected chi connectivity index (χ4v) is 1.57. The van der Waals surface area contributed by atoms with Gasteiger partial charge in [-0.05, 0) is 29.8 Å². The number of carbonyl (C=O) groups excluding carboxylic acids is 1. The molecule has 0 atom stereocenters. The lowest BCUT2D eigenvalue weighted by atomic mass is 10.2. The van der Waals surface area contributed by atoms with Gasteiger partial charge in [-0.3, -0.25) is 0 Å². The summed E-state index contributed by atoms with van der Waals surface area (Å²) >= 11 is 0. The molecular formula is C14H14N2O2. The molecule has 0 heterocycles. The second-order valence-corrected chi connectivity index (χ2v) is 3.88. The van der Waals surface area contributed by atoms with Crippen molar-refractivity contribution in [2.24, 2.45) is 0 Å². The van der Waals surface area contributed by atoms with Crippen LogP contribution in [0.5, 0.6) is 11.5 Å². The number of anilines is 2. The second-order valence-electron chi connectivity index (χ2n) is 3.88. The molecule has 0 aromatic heterocycles. The molecule has 0 saturated heterocycles. The summed E-state index contributed by atoms with van der Waals surface area (Å²) in [6.07, 6.45) is 1.27. The van der Waals surface area contributed by atoms with Gasteiger partial charge in [0.2, 0.25) is 0 Å². The van der Waals surface area contributed by atoms with Gasteiger partial charge in [0, 0.05) is 6.42 Å². The van der Waals surface area contributed by atoms with Gasteiger partial charge in [-0.1, -0.05) is 18.2 Å². The van der Waals surface area contributed by atoms with Crippen LogP contribution in [0.15, 0.2) is 42.5 Å². The highest BCUT2D eigenvalue weighted by atomic mass is 16.5. The first kappa shape index (κ1) is 12.0. The van der Waals surface area contributed by atoms with Crippen molar-refractivity contribution in [2.75, 3.05) is 11.5 Å². The van der Waals surface area contributed by atoms with E-state index in [-0.39, 0.29) is 0 Å². The SMILES string of the molecule is Nc1cccc(Oc2ccc(CC=O)cc2)c1N. The molecule has 0 amide bonds. The predicted molar refractivity (Wildman–Crippen MR) is 71.6 cm³/mol. The molecule has 4 heteroatoms. The lowest BCUT2D eigenvalue weighted by Crippen LogP contribution is -1.97. The summed E-state index contributed by atoms with van der Waals surface area (Å²) in [6, 6.07) is 12.5. The standard InChI is InChI=1S/C14H14N2O2/c15-12-2-1-3-13(14(12)16)18-11-6-4-10(5-7-11)8-9-17/h1-7,9H,8,15-16H2. The van der Waals surface area contributed by atoms with E-state index < -0.39 is 0 Å². The Hall–Kier alpha value is -2.49. The number of para-hydroxylation sites is 1. The zero-order valence-electron chi connectivity index (χ0n) is 9.80. The summed E-state index contributed by atoms with van der Waals surface area (Å²) in [6.45, 7) is 0. The first-order chi connectivity index (χ1) is 8.70. The first-order valence-corrected chi connectivity index (χ1v) is 5.55. The van der Waals surface area contributed by atoms with Crippen molar-refractivity contribution < 1.29 is 9.53 Å². The highest BCUT2D eigenvalue weighted by molar-refractivity contribution is 5.71. The van der Waals surface area contributed by atoms with Gasteiger partial charge in [0.15, 0.2) is 5.75 Å². The van der Waals surface area contributed by atoms with Crippen molar-refractivity contribution in [2.45, 2.75) is 6.42 Å². The maximum atomic E-state index is 10.4. The molecule has 2 aromatic rings. The number of nitrogen functional groups attached to an aromatic ring is 2. The van der Waals surface area contributed by atoms with E-state index in [4.69, 9.17) is 16.2 Å². The van der Waals surface area contributed by atoms with Gasteiger partial charge in [-0.25, -0.2) is 0 Å². The Morgan fingerprint density at radius 2 is 1.78 bits per heavy atom. The molecule has 4 nitrogen and oxygen atoms in total. The highest BCUT2D eigenvalue weighted by Gasteiger charge is 2.04. The minimum absolute atomic E-state index is 0.403. The monoisotopic (exact) mass is 242 g/mol. The Morgan fingerprint density at radius 3 is 2.44 bits per heavy atom. The van der Waals surface area contributed by atoms with E-state index >= 15 is 0 Å². The van der Waals surface area contributed by atoms with Crippen LogP contribution in [0, 0.1) is 0 Å². The summed E-state index contributed by atoms with van der Waals surface area (Å²) in [5.41, 5.74) is 13.4. The first-order valence-electron chi connectivity index (χ1n) is 5.55. The van der Waals surface area contributed by atoms with E-state index in [0.29, 0.717) is 29.3 Å². The van der Waals surface area contributed by atoms with Gasteiger partial charge in [-0.15, -0.1) is 0 Å². The fourth-order valence-electron chi connectivity index (χ4n) is 1.57. The third-order valence-electron chi connectivity index (χ3n) is 2.57. The van der Waals surface area contributed by atoms with Crippen LogP contribution in [0.2, 0.25) is 0 Å². The molecule has 2 aromatic carbocycles. The third kappa shape index (κ3) is 2.60.